The summed E-state index contributed by atoms with van der Waals surface area (Å²) in [6.07, 6.45) is 1.07. The fourth-order valence-electron chi connectivity index (χ4n) is 1.78. The molecule has 0 spiro atoms. The summed E-state index contributed by atoms with van der Waals surface area (Å²) >= 11 is 6.04. The average Bonchev–Trinajstić information content (AvgIpc) is 2.38. The molecule has 0 bridgehead atoms. The second kappa shape index (κ2) is 6.24. The molecular weight excluding hydrogens is 312 g/mol. The summed E-state index contributed by atoms with van der Waals surface area (Å²) in [4.78, 5) is 0. The summed E-state index contributed by atoms with van der Waals surface area (Å²) in [7, 11) is -3.36. The Morgan fingerprint density at radius 1 is 1.19 bits per heavy atom. The Balaban J connectivity index is 2.07. The lowest BCUT2D eigenvalue weighted by atomic mass is 10.2. The Hall–Kier alpha value is -1.92. The third-order valence-electron chi connectivity index (χ3n) is 2.67. The molecule has 2 aromatic carbocycles. The molecule has 112 valence electrons. The Morgan fingerprint density at radius 2 is 1.95 bits per heavy atom. The van der Waals surface area contributed by atoms with Crippen molar-refractivity contribution in [3.8, 4) is 5.75 Å². The molecule has 0 atom stereocenters. The first kappa shape index (κ1) is 15.5. The van der Waals surface area contributed by atoms with Crippen LogP contribution in [0.2, 0.25) is 5.02 Å². The number of phenolic OH excluding ortho intramolecular Hbond substituents is 1. The van der Waals surface area contributed by atoms with Gasteiger partial charge in [-0.05, 0) is 35.9 Å². The molecule has 3 N–H and O–H groups in total. The van der Waals surface area contributed by atoms with Crippen LogP contribution in [0.1, 0.15) is 5.56 Å². The molecular formula is C14H15ClN2O3S. The largest absolute Gasteiger partial charge is 0.508 e. The van der Waals surface area contributed by atoms with Crippen LogP contribution in [0, 0.1) is 0 Å². The quantitative estimate of drug-likeness (QED) is 0.789. The highest BCUT2D eigenvalue weighted by atomic mass is 35.5. The Kier molecular flexibility index (Phi) is 4.59. The highest BCUT2D eigenvalue weighted by molar-refractivity contribution is 7.92. The maximum atomic E-state index is 11.2. The molecule has 0 fully saturated rings. The maximum Gasteiger partial charge on any atom is 0.229 e. The second-order valence-corrected chi connectivity index (χ2v) is 6.75. The van der Waals surface area contributed by atoms with Crippen molar-refractivity contribution in [3.05, 3.63) is 53.1 Å². The van der Waals surface area contributed by atoms with Crippen LogP contribution in [0.3, 0.4) is 0 Å². The number of anilines is 2. The first-order valence-electron chi connectivity index (χ1n) is 6.12. The molecule has 2 rings (SSSR count). The highest BCUT2D eigenvalue weighted by Gasteiger charge is 2.07. The van der Waals surface area contributed by atoms with E-state index in [-0.39, 0.29) is 5.75 Å². The number of nitrogens with one attached hydrogen (secondary N) is 2. The van der Waals surface area contributed by atoms with E-state index in [2.05, 4.69) is 10.0 Å². The predicted octanol–water partition coefficient (Wildman–Crippen LogP) is 3.03. The van der Waals surface area contributed by atoms with Gasteiger partial charge in [0, 0.05) is 12.2 Å². The molecule has 0 aliphatic rings. The topological polar surface area (TPSA) is 78.4 Å². The van der Waals surface area contributed by atoms with Gasteiger partial charge in [-0.1, -0.05) is 23.7 Å². The number of aromatic hydroxyl groups is 1. The van der Waals surface area contributed by atoms with Gasteiger partial charge in [0.25, 0.3) is 0 Å². The van der Waals surface area contributed by atoms with E-state index in [1.807, 2.05) is 6.07 Å². The van der Waals surface area contributed by atoms with E-state index < -0.39 is 10.0 Å². The monoisotopic (exact) mass is 326 g/mol. The van der Waals surface area contributed by atoms with Crippen molar-refractivity contribution in [1.29, 1.82) is 0 Å². The molecule has 0 saturated carbocycles. The summed E-state index contributed by atoms with van der Waals surface area (Å²) in [5, 5.41) is 12.8. The Labute approximate surface area is 128 Å². The Bertz CT molecular complexity index is 748. The van der Waals surface area contributed by atoms with Crippen LogP contribution in [0.15, 0.2) is 42.5 Å². The number of phenols is 1. The number of halogens is 1. The SMILES string of the molecule is CS(=O)(=O)Nc1ccc(NCc2cccc(O)c2)cc1Cl. The van der Waals surface area contributed by atoms with Gasteiger partial charge in [-0.25, -0.2) is 8.42 Å². The molecule has 0 heterocycles. The number of benzene rings is 2. The molecule has 0 amide bonds. The molecule has 0 unspecified atom stereocenters. The van der Waals surface area contributed by atoms with Crippen molar-refractivity contribution in [2.24, 2.45) is 0 Å². The number of hydrogen-bond donors (Lipinski definition) is 3. The normalized spacial score (nSPS) is 11.1. The summed E-state index contributed by atoms with van der Waals surface area (Å²) in [5.41, 5.74) is 2.01. The highest BCUT2D eigenvalue weighted by Crippen LogP contribution is 2.26. The zero-order valence-corrected chi connectivity index (χ0v) is 12.9. The molecule has 0 saturated heterocycles. The number of hydrogen-bond acceptors (Lipinski definition) is 4. The van der Waals surface area contributed by atoms with Gasteiger partial charge in [-0.3, -0.25) is 4.72 Å². The van der Waals surface area contributed by atoms with Crippen LogP contribution in [0.5, 0.6) is 5.75 Å². The van der Waals surface area contributed by atoms with E-state index >= 15 is 0 Å². The van der Waals surface area contributed by atoms with Gasteiger partial charge in [0.1, 0.15) is 5.75 Å². The summed E-state index contributed by atoms with van der Waals surface area (Å²) in [6, 6.07) is 11.9. The van der Waals surface area contributed by atoms with Gasteiger partial charge in [-0.2, -0.15) is 0 Å². The molecule has 0 aliphatic carbocycles. The zero-order chi connectivity index (χ0) is 15.5. The van der Waals surface area contributed by atoms with Crippen LogP contribution in [-0.2, 0) is 16.6 Å². The van der Waals surface area contributed by atoms with E-state index in [9.17, 15) is 13.5 Å². The predicted molar refractivity (Wildman–Crippen MR) is 85.4 cm³/mol. The maximum absolute atomic E-state index is 11.2. The lowest BCUT2D eigenvalue weighted by molar-refractivity contribution is 0.474. The first-order valence-corrected chi connectivity index (χ1v) is 8.39. The van der Waals surface area contributed by atoms with Gasteiger partial charge in [0.05, 0.1) is 17.0 Å². The van der Waals surface area contributed by atoms with Crippen molar-refractivity contribution in [1.82, 2.24) is 0 Å². The van der Waals surface area contributed by atoms with Gasteiger partial charge < -0.3 is 10.4 Å². The molecule has 0 aromatic heterocycles. The first-order chi connectivity index (χ1) is 9.83. The third-order valence-corrected chi connectivity index (χ3v) is 3.58. The average molecular weight is 327 g/mol. The number of rotatable bonds is 5. The molecule has 21 heavy (non-hydrogen) atoms. The molecule has 2 aromatic rings. The second-order valence-electron chi connectivity index (χ2n) is 4.59. The zero-order valence-electron chi connectivity index (χ0n) is 11.3. The Morgan fingerprint density at radius 3 is 2.57 bits per heavy atom. The van der Waals surface area contributed by atoms with Gasteiger partial charge in [-0.15, -0.1) is 0 Å². The van der Waals surface area contributed by atoms with Crippen LogP contribution in [0.4, 0.5) is 11.4 Å². The van der Waals surface area contributed by atoms with Crippen molar-refractivity contribution in [2.45, 2.75) is 6.54 Å². The summed E-state index contributed by atoms with van der Waals surface area (Å²) < 4.78 is 24.7. The minimum atomic E-state index is -3.36. The summed E-state index contributed by atoms with van der Waals surface area (Å²) in [5.74, 6) is 0.208. The van der Waals surface area contributed by atoms with Crippen molar-refractivity contribution in [3.63, 3.8) is 0 Å². The van der Waals surface area contributed by atoms with Gasteiger partial charge >= 0.3 is 0 Å². The lowest BCUT2D eigenvalue weighted by Crippen LogP contribution is -2.10. The molecule has 7 heteroatoms. The van der Waals surface area contributed by atoms with Crippen molar-refractivity contribution < 1.29 is 13.5 Å². The molecule has 0 aliphatic heterocycles. The molecule has 5 nitrogen and oxygen atoms in total. The standard InChI is InChI=1S/C14H15ClN2O3S/c1-21(19,20)17-14-6-5-11(8-13(14)15)16-9-10-3-2-4-12(18)7-10/h2-8,16-18H,9H2,1H3. The minimum Gasteiger partial charge on any atom is -0.508 e. The van der Waals surface area contributed by atoms with E-state index in [0.717, 1.165) is 17.5 Å². The lowest BCUT2D eigenvalue weighted by Gasteiger charge is -2.10. The summed E-state index contributed by atoms with van der Waals surface area (Å²) in [6.45, 7) is 0.517. The molecule has 0 radical (unpaired) electrons. The minimum absolute atomic E-state index is 0.208. The number of sulfonamides is 1. The van der Waals surface area contributed by atoms with Gasteiger partial charge in [0.2, 0.25) is 10.0 Å². The van der Waals surface area contributed by atoms with Crippen LogP contribution >= 0.6 is 11.6 Å². The van der Waals surface area contributed by atoms with E-state index in [0.29, 0.717) is 17.3 Å². The fourth-order valence-corrected chi connectivity index (χ4v) is 2.64. The van der Waals surface area contributed by atoms with Crippen LogP contribution in [-0.4, -0.2) is 19.8 Å². The van der Waals surface area contributed by atoms with E-state index in [1.54, 1.807) is 36.4 Å². The van der Waals surface area contributed by atoms with Crippen molar-refractivity contribution in [2.75, 3.05) is 16.3 Å². The van der Waals surface area contributed by atoms with E-state index in [4.69, 9.17) is 11.6 Å². The van der Waals surface area contributed by atoms with Crippen LogP contribution in [0.25, 0.3) is 0 Å². The van der Waals surface area contributed by atoms with Crippen molar-refractivity contribution >= 4 is 33.0 Å². The van der Waals surface area contributed by atoms with E-state index in [1.165, 1.54) is 0 Å². The van der Waals surface area contributed by atoms with Crippen LogP contribution < -0.4 is 10.0 Å². The smallest absolute Gasteiger partial charge is 0.229 e. The fraction of sp³-hybridized carbons (Fsp3) is 0.143. The van der Waals surface area contributed by atoms with Gasteiger partial charge in [0.15, 0.2) is 0 Å². The third kappa shape index (κ3) is 4.84.